The second-order valence-corrected chi connectivity index (χ2v) is 2.45. The Labute approximate surface area is 83.4 Å². The fraction of sp³-hybridized carbons (Fsp3) is 0.625. The molecule has 0 spiro atoms. The Morgan fingerprint density at radius 2 is 1.14 bits per heavy atom. The third kappa shape index (κ3) is 22.4. The van der Waals surface area contributed by atoms with Crippen molar-refractivity contribution in [1.82, 2.24) is 16.0 Å². The van der Waals surface area contributed by atoms with E-state index < -0.39 is 0 Å². The van der Waals surface area contributed by atoms with E-state index in [1.54, 1.807) is 7.05 Å². The second kappa shape index (κ2) is 9.50. The van der Waals surface area contributed by atoms with Crippen LogP contribution in [-0.4, -0.2) is 31.4 Å². The average molecular weight is 203 g/mol. The molecule has 6 heteroatoms. The van der Waals surface area contributed by atoms with Crippen molar-refractivity contribution in [2.45, 2.75) is 20.8 Å². The number of hydrogen-bond donors (Lipinski definition) is 3. The van der Waals surface area contributed by atoms with Gasteiger partial charge in [-0.05, 0) is 0 Å². The molecule has 0 heterocycles. The SMILES string of the molecule is CC(=O)NCNC(C)=O.CNC(C)=O. The minimum Gasteiger partial charge on any atom is -0.359 e. The fourth-order valence-electron chi connectivity index (χ4n) is 0.293. The van der Waals surface area contributed by atoms with Crippen LogP contribution < -0.4 is 16.0 Å². The summed E-state index contributed by atoms with van der Waals surface area (Å²) in [5.74, 6) is -0.294. The van der Waals surface area contributed by atoms with Crippen LogP contribution in [0.1, 0.15) is 20.8 Å². The molecule has 6 nitrogen and oxygen atoms in total. The summed E-state index contributed by atoms with van der Waals surface area (Å²) in [4.78, 5) is 30.0. The highest BCUT2D eigenvalue weighted by Crippen LogP contribution is 1.58. The van der Waals surface area contributed by atoms with Crippen molar-refractivity contribution in [3.8, 4) is 0 Å². The van der Waals surface area contributed by atoms with Gasteiger partial charge in [0.15, 0.2) is 0 Å². The molecule has 0 saturated carbocycles. The van der Waals surface area contributed by atoms with Crippen LogP contribution in [0.3, 0.4) is 0 Å². The molecule has 0 rings (SSSR count). The Morgan fingerprint density at radius 3 is 1.29 bits per heavy atom. The molecule has 0 saturated heterocycles. The van der Waals surface area contributed by atoms with Gasteiger partial charge in [0, 0.05) is 27.8 Å². The normalized spacial score (nSPS) is 7.71. The van der Waals surface area contributed by atoms with Gasteiger partial charge in [0.25, 0.3) is 0 Å². The number of rotatable bonds is 2. The average Bonchev–Trinajstić information content (AvgIpc) is 2.04. The molecule has 3 amide bonds. The summed E-state index contributed by atoms with van der Waals surface area (Å²) < 4.78 is 0. The van der Waals surface area contributed by atoms with Gasteiger partial charge in [-0.3, -0.25) is 14.4 Å². The summed E-state index contributed by atoms with van der Waals surface area (Å²) in [5, 5.41) is 7.20. The zero-order valence-electron chi connectivity index (χ0n) is 8.93. The van der Waals surface area contributed by atoms with Crippen molar-refractivity contribution in [3.05, 3.63) is 0 Å². The van der Waals surface area contributed by atoms with Gasteiger partial charge < -0.3 is 16.0 Å². The van der Waals surface area contributed by atoms with E-state index in [2.05, 4.69) is 16.0 Å². The van der Waals surface area contributed by atoms with E-state index in [9.17, 15) is 14.4 Å². The number of carbonyl (C=O) groups excluding carboxylic acids is 3. The molecule has 0 aromatic carbocycles. The van der Waals surface area contributed by atoms with Crippen molar-refractivity contribution in [2.75, 3.05) is 13.7 Å². The van der Waals surface area contributed by atoms with E-state index in [0.717, 1.165) is 0 Å². The molecule has 0 aliphatic carbocycles. The van der Waals surface area contributed by atoms with Crippen molar-refractivity contribution < 1.29 is 14.4 Å². The van der Waals surface area contributed by atoms with E-state index in [1.807, 2.05) is 0 Å². The Hall–Kier alpha value is -1.59. The summed E-state index contributed by atoms with van der Waals surface area (Å²) in [7, 11) is 1.60. The second-order valence-electron chi connectivity index (χ2n) is 2.45. The maximum Gasteiger partial charge on any atom is 0.218 e. The van der Waals surface area contributed by atoms with Crippen LogP contribution in [0.4, 0.5) is 0 Å². The first-order valence-corrected chi connectivity index (χ1v) is 4.07. The minimum absolute atomic E-state index is 0.00463. The molecule has 14 heavy (non-hydrogen) atoms. The molecule has 0 fully saturated rings. The lowest BCUT2D eigenvalue weighted by atomic mass is 10.7. The van der Waals surface area contributed by atoms with E-state index in [1.165, 1.54) is 20.8 Å². The van der Waals surface area contributed by atoms with Crippen LogP contribution in [0, 0.1) is 0 Å². The largest absolute Gasteiger partial charge is 0.359 e. The Balaban J connectivity index is 0. The molecule has 0 radical (unpaired) electrons. The Bertz CT molecular complexity index is 190. The molecular weight excluding hydrogens is 186 g/mol. The zero-order valence-corrected chi connectivity index (χ0v) is 8.93. The van der Waals surface area contributed by atoms with Gasteiger partial charge in [-0.25, -0.2) is 0 Å². The molecule has 82 valence electrons. The van der Waals surface area contributed by atoms with Crippen LogP contribution in [0.25, 0.3) is 0 Å². The monoisotopic (exact) mass is 203 g/mol. The highest BCUT2D eigenvalue weighted by Gasteiger charge is 1.89. The third-order valence-electron chi connectivity index (χ3n) is 1.03. The summed E-state index contributed by atoms with van der Waals surface area (Å²) >= 11 is 0. The summed E-state index contributed by atoms with van der Waals surface area (Å²) in [6.07, 6.45) is 0. The molecule has 0 unspecified atom stereocenters. The number of carbonyl (C=O) groups is 3. The molecule has 0 aromatic rings. The predicted octanol–water partition coefficient (Wildman–Crippen LogP) is -1.03. The van der Waals surface area contributed by atoms with Gasteiger partial charge in [-0.1, -0.05) is 0 Å². The van der Waals surface area contributed by atoms with Crippen molar-refractivity contribution in [2.24, 2.45) is 0 Å². The van der Waals surface area contributed by atoms with Gasteiger partial charge >= 0.3 is 0 Å². The van der Waals surface area contributed by atoms with E-state index >= 15 is 0 Å². The van der Waals surface area contributed by atoms with Gasteiger partial charge in [0.1, 0.15) is 0 Å². The summed E-state index contributed by atoms with van der Waals surface area (Å²) in [6, 6.07) is 0. The van der Waals surface area contributed by atoms with Gasteiger partial charge in [0.2, 0.25) is 17.7 Å². The molecule has 0 aliphatic rings. The minimum atomic E-state index is -0.149. The number of nitrogens with one attached hydrogen (secondary N) is 3. The number of amides is 3. The lowest BCUT2D eigenvalue weighted by Crippen LogP contribution is -2.34. The lowest BCUT2D eigenvalue weighted by molar-refractivity contribution is -0.121. The summed E-state index contributed by atoms with van der Waals surface area (Å²) in [5.41, 5.74) is 0. The first kappa shape index (κ1) is 14.9. The van der Waals surface area contributed by atoms with E-state index in [-0.39, 0.29) is 24.4 Å². The van der Waals surface area contributed by atoms with Crippen LogP contribution in [0.2, 0.25) is 0 Å². The molecule has 0 atom stereocenters. The van der Waals surface area contributed by atoms with Crippen LogP contribution in [-0.2, 0) is 14.4 Å². The first-order valence-electron chi connectivity index (χ1n) is 4.07. The summed E-state index contributed by atoms with van der Waals surface area (Å²) in [6.45, 7) is 4.47. The van der Waals surface area contributed by atoms with Crippen molar-refractivity contribution in [1.29, 1.82) is 0 Å². The highest BCUT2D eigenvalue weighted by molar-refractivity contribution is 5.75. The quantitative estimate of drug-likeness (QED) is 0.501. The molecule has 0 aliphatic heterocycles. The molecule has 0 aromatic heterocycles. The Morgan fingerprint density at radius 1 is 0.857 bits per heavy atom. The van der Waals surface area contributed by atoms with Crippen molar-refractivity contribution >= 4 is 17.7 Å². The topological polar surface area (TPSA) is 87.3 Å². The highest BCUT2D eigenvalue weighted by atomic mass is 16.2. The van der Waals surface area contributed by atoms with Crippen LogP contribution >= 0.6 is 0 Å². The predicted molar refractivity (Wildman–Crippen MR) is 52.2 cm³/mol. The zero-order chi connectivity index (χ0) is 11.6. The van der Waals surface area contributed by atoms with E-state index in [0.29, 0.717) is 0 Å². The smallest absolute Gasteiger partial charge is 0.218 e. The van der Waals surface area contributed by atoms with Crippen LogP contribution in [0.5, 0.6) is 0 Å². The van der Waals surface area contributed by atoms with Crippen LogP contribution in [0.15, 0.2) is 0 Å². The van der Waals surface area contributed by atoms with Gasteiger partial charge in [0.05, 0.1) is 6.67 Å². The van der Waals surface area contributed by atoms with Gasteiger partial charge in [-0.2, -0.15) is 0 Å². The maximum atomic E-state index is 10.2. The first-order chi connectivity index (χ1) is 6.40. The van der Waals surface area contributed by atoms with E-state index in [4.69, 9.17) is 0 Å². The van der Waals surface area contributed by atoms with Crippen molar-refractivity contribution in [3.63, 3.8) is 0 Å². The van der Waals surface area contributed by atoms with Gasteiger partial charge in [-0.15, -0.1) is 0 Å². The number of hydrogen-bond acceptors (Lipinski definition) is 3. The Kier molecular flexibility index (Phi) is 10.1. The molecule has 3 N–H and O–H groups in total. The fourth-order valence-corrected chi connectivity index (χ4v) is 0.293. The third-order valence-corrected chi connectivity index (χ3v) is 1.03. The molecular formula is C8H17N3O3. The maximum absolute atomic E-state index is 10.2. The molecule has 0 bridgehead atoms. The standard InChI is InChI=1S/C5H10N2O2.C3H7NO/c1-4(8)6-3-7-5(2)9;1-3(5)4-2/h3H2,1-2H3,(H,6,8)(H,7,9);1-2H3,(H,4,5). The lowest BCUT2D eigenvalue weighted by Gasteiger charge is -2.00.